The molecule has 2 N–H and O–H groups in total. The number of aliphatic hydroxyl groups is 1. The first kappa shape index (κ1) is 11.2. The maximum atomic E-state index is 10.0. The van der Waals surface area contributed by atoms with Crippen LogP contribution >= 0.6 is 0 Å². The number of β-amino-alcohol motifs (C(OH)–C–C–N with tert-alkyl or cyclic N) is 1. The molecule has 1 fully saturated rings. The number of pyridine rings is 1. The summed E-state index contributed by atoms with van der Waals surface area (Å²) in [6, 6.07) is 5.91. The van der Waals surface area contributed by atoms with Gasteiger partial charge >= 0.3 is 0 Å². The lowest BCUT2D eigenvalue weighted by atomic mass is 9.95. The highest BCUT2D eigenvalue weighted by Gasteiger charge is 2.28. The molecule has 0 aliphatic carbocycles. The Morgan fingerprint density at radius 2 is 2.31 bits per heavy atom. The molecule has 1 aromatic rings. The van der Waals surface area contributed by atoms with Crippen molar-refractivity contribution >= 4 is 11.6 Å². The summed E-state index contributed by atoms with van der Waals surface area (Å²) < 4.78 is 0. The molecule has 0 amide bonds. The standard InChI is InChI=1S/C12H19N3O/c1-12(16)7-4-8-15(9-12)11-6-3-5-10(13-2)14-11/h3,5-6,16H,4,7-9H2,1-2H3,(H,13,14). The van der Waals surface area contributed by atoms with Crippen LogP contribution in [0, 0.1) is 0 Å². The van der Waals surface area contributed by atoms with Crippen LogP contribution in [-0.4, -0.2) is 35.8 Å². The van der Waals surface area contributed by atoms with E-state index in [2.05, 4.69) is 15.2 Å². The fourth-order valence-corrected chi connectivity index (χ4v) is 2.15. The molecule has 1 unspecified atom stereocenters. The maximum Gasteiger partial charge on any atom is 0.131 e. The van der Waals surface area contributed by atoms with Gasteiger partial charge in [0.15, 0.2) is 0 Å². The van der Waals surface area contributed by atoms with Crippen molar-refractivity contribution in [3.8, 4) is 0 Å². The fraction of sp³-hybridized carbons (Fsp3) is 0.583. The number of aromatic nitrogens is 1. The minimum absolute atomic E-state index is 0.588. The summed E-state index contributed by atoms with van der Waals surface area (Å²) >= 11 is 0. The molecular formula is C12H19N3O. The minimum atomic E-state index is -0.588. The van der Waals surface area contributed by atoms with Crippen molar-refractivity contribution in [2.75, 3.05) is 30.4 Å². The van der Waals surface area contributed by atoms with Crippen molar-refractivity contribution in [2.45, 2.75) is 25.4 Å². The van der Waals surface area contributed by atoms with Crippen LogP contribution in [0.1, 0.15) is 19.8 Å². The first-order chi connectivity index (χ1) is 7.61. The van der Waals surface area contributed by atoms with E-state index in [-0.39, 0.29) is 0 Å². The number of anilines is 2. The van der Waals surface area contributed by atoms with Gasteiger partial charge in [-0.3, -0.25) is 0 Å². The molecule has 1 atom stereocenters. The molecule has 1 aliphatic heterocycles. The average molecular weight is 221 g/mol. The molecule has 88 valence electrons. The van der Waals surface area contributed by atoms with E-state index in [1.165, 1.54) is 0 Å². The lowest BCUT2D eigenvalue weighted by molar-refractivity contribution is 0.0447. The van der Waals surface area contributed by atoms with Gasteiger partial charge in [-0.15, -0.1) is 0 Å². The molecular weight excluding hydrogens is 202 g/mol. The highest BCUT2D eigenvalue weighted by Crippen LogP contribution is 2.24. The zero-order chi connectivity index (χ0) is 11.6. The third kappa shape index (κ3) is 2.44. The van der Waals surface area contributed by atoms with Crippen LogP contribution in [-0.2, 0) is 0 Å². The highest BCUT2D eigenvalue weighted by atomic mass is 16.3. The van der Waals surface area contributed by atoms with Gasteiger partial charge in [0.1, 0.15) is 11.6 Å². The Balaban J connectivity index is 2.16. The van der Waals surface area contributed by atoms with Crippen LogP contribution in [0.5, 0.6) is 0 Å². The second-order valence-electron chi connectivity index (χ2n) is 4.65. The second-order valence-corrected chi connectivity index (χ2v) is 4.65. The zero-order valence-corrected chi connectivity index (χ0v) is 9.90. The van der Waals surface area contributed by atoms with Crippen LogP contribution in [0.4, 0.5) is 11.6 Å². The maximum absolute atomic E-state index is 10.0. The summed E-state index contributed by atoms with van der Waals surface area (Å²) in [6.45, 7) is 3.52. The van der Waals surface area contributed by atoms with Crippen molar-refractivity contribution in [3.05, 3.63) is 18.2 Å². The van der Waals surface area contributed by atoms with E-state index in [1.54, 1.807) is 0 Å². The molecule has 4 heteroatoms. The summed E-state index contributed by atoms with van der Waals surface area (Å²) in [5.41, 5.74) is -0.588. The van der Waals surface area contributed by atoms with Crippen LogP contribution in [0.2, 0.25) is 0 Å². The molecule has 2 rings (SSSR count). The third-order valence-corrected chi connectivity index (χ3v) is 2.99. The molecule has 0 aromatic carbocycles. The summed E-state index contributed by atoms with van der Waals surface area (Å²) in [5, 5.41) is 13.1. The van der Waals surface area contributed by atoms with E-state index in [0.29, 0.717) is 6.54 Å². The van der Waals surface area contributed by atoms with Gasteiger partial charge in [-0.25, -0.2) is 4.98 Å². The molecule has 0 saturated carbocycles. The fourth-order valence-electron chi connectivity index (χ4n) is 2.15. The average Bonchev–Trinajstić information content (AvgIpc) is 2.28. The van der Waals surface area contributed by atoms with Gasteiger partial charge in [-0.2, -0.15) is 0 Å². The Hall–Kier alpha value is -1.29. The number of hydrogen-bond donors (Lipinski definition) is 2. The van der Waals surface area contributed by atoms with Crippen molar-refractivity contribution in [1.82, 2.24) is 4.98 Å². The normalized spacial score (nSPS) is 25.6. The summed E-state index contributed by atoms with van der Waals surface area (Å²) in [5.74, 6) is 1.80. The Labute approximate surface area is 96.3 Å². The molecule has 1 aromatic heterocycles. The molecule has 0 bridgehead atoms. The predicted molar refractivity (Wildman–Crippen MR) is 65.9 cm³/mol. The predicted octanol–water partition coefficient (Wildman–Crippen LogP) is 1.47. The monoisotopic (exact) mass is 221 g/mol. The molecule has 1 saturated heterocycles. The Morgan fingerprint density at radius 3 is 3.00 bits per heavy atom. The molecule has 0 spiro atoms. The molecule has 4 nitrogen and oxygen atoms in total. The van der Waals surface area contributed by atoms with Gasteiger partial charge in [-0.05, 0) is 31.9 Å². The Kier molecular flexibility index (Phi) is 3.01. The van der Waals surface area contributed by atoms with Crippen molar-refractivity contribution in [3.63, 3.8) is 0 Å². The minimum Gasteiger partial charge on any atom is -0.388 e. The van der Waals surface area contributed by atoms with Gasteiger partial charge in [-0.1, -0.05) is 6.07 Å². The van der Waals surface area contributed by atoms with E-state index in [0.717, 1.165) is 31.0 Å². The van der Waals surface area contributed by atoms with E-state index in [4.69, 9.17) is 0 Å². The van der Waals surface area contributed by atoms with Crippen molar-refractivity contribution in [2.24, 2.45) is 0 Å². The number of hydrogen-bond acceptors (Lipinski definition) is 4. The van der Waals surface area contributed by atoms with Crippen LogP contribution < -0.4 is 10.2 Å². The summed E-state index contributed by atoms with van der Waals surface area (Å²) in [6.07, 6.45) is 1.88. The van der Waals surface area contributed by atoms with E-state index in [9.17, 15) is 5.11 Å². The quantitative estimate of drug-likeness (QED) is 0.794. The van der Waals surface area contributed by atoms with Gasteiger partial charge < -0.3 is 15.3 Å². The first-order valence-electron chi connectivity index (χ1n) is 5.73. The van der Waals surface area contributed by atoms with Crippen LogP contribution in [0.25, 0.3) is 0 Å². The summed E-state index contributed by atoms with van der Waals surface area (Å²) in [7, 11) is 1.86. The molecule has 1 aliphatic rings. The SMILES string of the molecule is CNc1cccc(N2CCCC(C)(O)C2)n1. The summed E-state index contributed by atoms with van der Waals surface area (Å²) in [4.78, 5) is 6.63. The van der Waals surface area contributed by atoms with Gasteiger partial charge in [0.25, 0.3) is 0 Å². The van der Waals surface area contributed by atoms with Crippen molar-refractivity contribution in [1.29, 1.82) is 0 Å². The lowest BCUT2D eigenvalue weighted by Crippen LogP contribution is -2.46. The smallest absolute Gasteiger partial charge is 0.131 e. The third-order valence-electron chi connectivity index (χ3n) is 2.99. The first-order valence-corrected chi connectivity index (χ1v) is 5.73. The number of nitrogens with one attached hydrogen (secondary N) is 1. The van der Waals surface area contributed by atoms with Crippen LogP contribution in [0.15, 0.2) is 18.2 Å². The van der Waals surface area contributed by atoms with Gasteiger partial charge in [0.2, 0.25) is 0 Å². The van der Waals surface area contributed by atoms with Crippen molar-refractivity contribution < 1.29 is 5.11 Å². The van der Waals surface area contributed by atoms with E-state index >= 15 is 0 Å². The topological polar surface area (TPSA) is 48.4 Å². The number of rotatable bonds is 2. The Morgan fingerprint density at radius 1 is 1.50 bits per heavy atom. The largest absolute Gasteiger partial charge is 0.388 e. The number of nitrogens with zero attached hydrogens (tertiary/aromatic N) is 2. The van der Waals surface area contributed by atoms with Crippen LogP contribution in [0.3, 0.4) is 0 Å². The van der Waals surface area contributed by atoms with E-state index in [1.807, 2.05) is 32.2 Å². The molecule has 16 heavy (non-hydrogen) atoms. The molecule has 2 heterocycles. The van der Waals surface area contributed by atoms with E-state index < -0.39 is 5.60 Å². The Bertz CT molecular complexity index is 365. The molecule has 0 radical (unpaired) electrons. The number of piperidine rings is 1. The van der Waals surface area contributed by atoms with Gasteiger partial charge in [0, 0.05) is 20.1 Å². The second kappa shape index (κ2) is 4.29. The zero-order valence-electron chi connectivity index (χ0n) is 9.90. The van der Waals surface area contributed by atoms with Gasteiger partial charge in [0.05, 0.1) is 5.60 Å². The lowest BCUT2D eigenvalue weighted by Gasteiger charge is -2.37. The highest BCUT2D eigenvalue weighted by molar-refractivity contribution is 5.47.